The Balaban J connectivity index is 1.41. The maximum atomic E-state index is 15.4. The van der Waals surface area contributed by atoms with Gasteiger partial charge in [0.15, 0.2) is 17.5 Å². The van der Waals surface area contributed by atoms with Gasteiger partial charge in [0.05, 0.1) is 28.7 Å². The maximum absolute atomic E-state index is 15.4. The molecule has 0 spiro atoms. The van der Waals surface area contributed by atoms with E-state index in [4.69, 9.17) is 0 Å². The second-order valence-electron chi connectivity index (χ2n) is 9.82. The Bertz CT molecular complexity index is 1610. The number of carbonyl (C=O) groups excluding carboxylic acids is 1. The van der Waals surface area contributed by atoms with Crippen molar-refractivity contribution in [3.8, 4) is 11.1 Å². The number of nitrogens with one attached hydrogen (secondary N) is 2. The van der Waals surface area contributed by atoms with Crippen molar-refractivity contribution in [1.82, 2.24) is 14.9 Å². The Morgan fingerprint density at radius 2 is 1.73 bits per heavy atom. The van der Waals surface area contributed by atoms with E-state index in [0.717, 1.165) is 6.08 Å². The quantitative estimate of drug-likeness (QED) is 0.258. The van der Waals surface area contributed by atoms with E-state index in [1.165, 1.54) is 24.4 Å². The molecule has 0 bridgehead atoms. The SMILES string of the molecule is C=CC(=O)Nc1cccc(-c2cccc3cnc(Nc4ccc(N5CCN(CC(C)O)CC5)c(F)c4F)nc23)c1F. The maximum Gasteiger partial charge on any atom is 0.247 e. The lowest BCUT2D eigenvalue weighted by Crippen LogP contribution is -2.48. The van der Waals surface area contributed by atoms with Crippen molar-refractivity contribution >= 4 is 39.8 Å². The molecule has 4 aromatic rings. The summed E-state index contributed by atoms with van der Waals surface area (Å²) in [5, 5.41) is 15.4. The minimum absolute atomic E-state index is 0.000685. The molecule has 1 saturated heterocycles. The lowest BCUT2D eigenvalue weighted by molar-refractivity contribution is -0.111. The molecule has 0 aliphatic carbocycles. The summed E-state index contributed by atoms with van der Waals surface area (Å²) < 4.78 is 45.7. The minimum Gasteiger partial charge on any atom is -0.392 e. The van der Waals surface area contributed by atoms with Crippen LogP contribution in [0.5, 0.6) is 0 Å². The summed E-state index contributed by atoms with van der Waals surface area (Å²) in [5.74, 6) is -3.26. The molecule has 1 aliphatic heterocycles. The number of nitrogens with zero attached hydrogens (tertiary/aromatic N) is 4. The molecule has 5 rings (SSSR count). The molecule has 1 aromatic heterocycles. The zero-order valence-electron chi connectivity index (χ0n) is 22.4. The summed E-state index contributed by atoms with van der Waals surface area (Å²) in [4.78, 5) is 24.3. The van der Waals surface area contributed by atoms with Gasteiger partial charge >= 0.3 is 0 Å². The van der Waals surface area contributed by atoms with Gasteiger partial charge in [0, 0.05) is 55.4 Å². The topological polar surface area (TPSA) is 93.6 Å². The molecule has 212 valence electrons. The number of amides is 1. The fourth-order valence-electron chi connectivity index (χ4n) is 4.90. The number of aliphatic hydroxyl groups is 1. The van der Waals surface area contributed by atoms with Crippen LogP contribution >= 0.6 is 0 Å². The number of piperazine rings is 1. The van der Waals surface area contributed by atoms with E-state index in [-0.39, 0.29) is 28.6 Å². The first-order valence-corrected chi connectivity index (χ1v) is 13.1. The lowest BCUT2D eigenvalue weighted by atomic mass is 10.0. The summed E-state index contributed by atoms with van der Waals surface area (Å²) in [5.41, 5.74) is 0.998. The predicted octanol–water partition coefficient (Wildman–Crippen LogP) is 5.09. The molecule has 3 aromatic carbocycles. The van der Waals surface area contributed by atoms with Gasteiger partial charge in [-0.2, -0.15) is 0 Å². The van der Waals surface area contributed by atoms with Crippen LogP contribution in [0.25, 0.3) is 22.0 Å². The molecular formula is C30H29F3N6O2. The van der Waals surface area contributed by atoms with Crippen molar-refractivity contribution < 1.29 is 23.1 Å². The molecule has 3 N–H and O–H groups in total. The number of para-hydroxylation sites is 1. The largest absolute Gasteiger partial charge is 0.392 e. The van der Waals surface area contributed by atoms with Crippen molar-refractivity contribution in [2.45, 2.75) is 13.0 Å². The van der Waals surface area contributed by atoms with Crippen LogP contribution in [-0.2, 0) is 4.79 Å². The average Bonchev–Trinajstić information content (AvgIpc) is 2.96. The van der Waals surface area contributed by atoms with Crippen molar-refractivity contribution in [1.29, 1.82) is 0 Å². The number of hydrogen-bond acceptors (Lipinski definition) is 7. The molecule has 0 radical (unpaired) electrons. The molecule has 1 aliphatic rings. The zero-order valence-corrected chi connectivity index (χ0v) is 22.4. The number of β-amino-alcohol motifs (C(OH)–C–C–N with tert-alkyl or cyclic N) is 1. The first-order valence-electron chi connectivity index (χ1n) is 13.1. The number of halogens is 3. The highest BCUT2D eigenvalue weighted by molar-refractivity contribution is 6.00. The Labute approximate surface area is 235 Å². The van der Waals surface area contributed by atoms with Gasteiger partial charge in [-0.15, -0.1) is 0 Å². The highest BCUT2D eigenvalue weighted by Crippen LogP contribution is 2.34. The molecular weight excluding hydrogens is 533 g/mol. The fraction of sp³-hybridized carbons (Fsp3) is 0.233. The van der Waals surface area contributed by atoms with Crippen molar-refractivity contribution in [2.75, 3.05) is 48.3 Å². The number of benzene rings is 3. The van der Waals surface area contributed by atoms with Crippen LogP contribution in [0.1, 0.15) is 6.92 Å². The average molecular weight is 563 g/mol. The van der Waals surface area contributed by atoms with E-state index >= 15 is 13.2 Å². The van der Waals surface area contributed by atoms with Crippen LogP contribution in [0.15, 0.2) is 67.4 Å². The first-order chi connectivity index (χ1) is 19.7. The lowest BCUT2D eigenvalue weighted by Gasteiger charge is -2.36. The van der Waals surface area contributed by atoms with Crippen LogP contribution in [0.4, 0.5) is 36.2 Å². The Morgan fingerprint density at radius 3 is 2.46 bits per heavy atom. The third kappa shape index (κ3) is 6.01. The summed E-state index contributed by atoms with van der Waals surface area (Å²) in [7, 11) is 0. The third-order valence-corrected chi connectivity index (χ3v) is 6.89. The van der Waals surface area contributed by atoms with Gasteiger partial charge in [0.1, 0.15) is 0 Å². The molecule has 1 atom stereocenters. The third-order valence-electron chi connectivity index (χ3n) is 6.89. The van der Waals surface area contributed by atoms with E-state index in [1.807, 2.05) is 0 Å². The number of fused-ring (bicyclic) bond motifs is 1. The second kappa shape index (κ2) is 11.9. The van der Waals surface area contributed by atoms with Crippen LogP contribution in [0.3, 0.4) is 0 Å². The molecule has 2 heterocycles. The van der Waals surface area contributed by atoms with Gasteiger partial charge in [0.25, 0.3) is 0 Å². The second-order valence-corrected chi connectivity index (χ2v) is 9.82. The van der Waals surface area contributed by atoms with Crippen LogP contribution < -0.4 is 15.5 Å². The van der Waals surface area contributed by atoms with Gasteiger partial charge in [-0.1, -0.05) is 36.9 Å². The van der Waals surface area contributed by atoms with E-state index in [1.54, 1.807) is 42.2 Å². The highest BCUT2D eigenvalue weighted by Gasteiger charge is 2.23. The molecule has 0 saturated carbocycles. The smallest absolute Gasteiger partial charge is 0.247 e. The summed E-state index contributed by atoms with van der Waals surface area (Å²) in [6.07, 6.45) is 2.09. The van der Waals surface area contributed by atoms with Crippen LogP contribution in [-0.4, -0.2) is 64.7 Å². The fourth-order valence-corrected chi connectivity index (χ4v) is 4.90. The van der Waals surface area contributed by atoms with E-state index in [9.17, 15) is 9.90 Å². The normalized spacial score (nSPS) is 14.6. The van der Waals surface area contributed by atoms with Crippen LogP contribution in [0, 0.1) is 17.5 Å². The van der Waals surface area contributed by atoms with Crippen LogP contribution in [0.2, 0.25) is 0 Å². The van der Waals surface area contributed by atoms with Gasteiger partial charge in [-0.25, -0.2) is 23.1 Å². The summed E-state index contributed by atoms with van der Waals surface area (Å²) in [6.45, 7) is 7.89. The monoisotopic (exact) mass is 562 g/mol. The number of aliphatic hydroxyl groups excluding tert-OH is 1. The van der Waals surface area contributed by atoms with Crippen molar-refractivity contribution in [2.24, 2.45) is 0 Å². The Kier molecular flexibility index (Phi) is 8.18. The van der Waals surface area contributed by atoms with Gasteiger partial charge in [0.2, 0.25) is 11.9 Å². The number of aromatic nitrogens is 2. The highest BCUT2D eigenvalue weighted by atomic mass is 19.2. The number of carbonyl (C=O) groups is 1. The number of anilines is 4. The van der Waals surface area contributed by atoms with Gasteiger partial charge < -0.3 is 20.6 Å². The molecule has 41 heavy (non-hydrogen) atoms. The Hall–Kier alpha value is -4.48. The first kappa shape index (κ1) is 28.1. The Morgan fingerprint density at radius 1 is 1.00 bits per heavy atom. The standard InChI is InChI=1S/C30H29F3N6O2/c1-3-25(41)35-22-9-5-7-20(26(22)31)21-8-4-6-19-16-34-30(37-29(19)21)36-23-10-11-24(28(33)27(23)32)39-14-12-38(13-15-39)17-18(2)40/h3-11,16,18,40H,1,12-15,17H2,2H3,(H,35,41)(H,34,36,37). The van der Waals surface area contributed by atoms with Gasteiger partial charge in [-0.05, 0) is 31.2 Å². The molecule has 1 amide bonds. The van der Waals surface area contributed by atoms with Crippen molar-refractivity contribution in [3.05, 3.63) is 84.8 Å². The number of hydrogen-bond donors (Lipinski definition) is 3. The molecule has 8 nitrogen and oxygen atoms in total. The molecule has 11 heteroatoms. The predicted molar refractivity (Wildman–Crippen MR) is 154 cm³/mol. The summed E-state index contributed by atoms with van der Waals surface area (Å²) >= 11 is 0. The number of rotatable bonds is 8. The minimum atomic E-state index is -1.07. The summed E-state index contributed by atoms with van der Waals surface area (Å²) in [6, 6.07) is 12.7. The van der Waals surface area contributed by atoms with E-state index in [2.05, 4.69) is 32.1 Å². The molecule has 1 fully saturated rings. The van der Waals surface area contributed by atoms with Gasteiger partial charge in [-0.3, -0.25) is 9.69 Å². The molecule has 1 unspecified atom stereocenters. The zero-order chi connectivity index (χ0) is 29.1. The van der Waals surface area contributed by atoms with E-state index < -0.39 is 29.5 Å². The van der Waals surface area contributed by atoms with Crippen molar-refractivity contribution in [3.63, 3.8) is 0 Å². The van der Waals surface area contributed by atoms with E-state index in [0.29, 0.717) is 49.2 Å².